The molecule has 1 aromatic rings. The van der Waals surface area contributed by atoms with Crippen LogP contribution in [0.25, 0.3) is 0 Å². The smallest absolute Gasteiger partial charge is 0.0640 e. The molecule has 0 saturated carbocycles. The van der Waals surface area contributed by atoms with E-state index in [0.29, 0.717) is 16.6 Å². The van der Waals surface area contributed by atoms with E-state index < -0.39 is 0 Å². The normalized spacial score (nSPS) is 12.9. The van der Waals surface area contributed by atoms with Gasteiger partial charge in [-0.25, -0.2) is 0 Å². The van der Waals surface area contributed by atoms with E-state index in [9.17, 15) is 0 Å². The quantitative estimate of drug-likeness (QED) is 0.817. The number of halogens is 2. The number of benzene rings is 1. The molecule has 1 aromatic carbocycles. The Hall–Kier alpha value is -0.280. The molecule has 0 spiro atoms. The maximum atomic E-state index is 6.02. The van der Waals surface area contributed by atoms with Gasteiger partial charge in [-0.3, -0.25) is 0 Å². The minimum Gasteiger partial charge on any atom is -0.329 e. The lowest BCUT2D eigenvalue weighted by Crippen LogP contribution is -2.25. The van der Waals surface area contributed by atoms with Gasteiger partial charge in [0.15, 0.2) is 0 Å². The average Bonchev–Trinajstić information content (AvgIpc) is 2.14. The molecule has 1 rings (SSSR count). The molecule has 3 N–H and O–H groups in total. The van der Waals surface area contributed by atoms with Crippen LogP contribution in [0.2, 0.25) is 10.0 Å². The summed E-state index contributed by atoms with van der Waals surface area (Å²) in [5.74, 6) is 0. The first-order valence-corrected chi connectivity index (χ1v) is 4.77. The van der Waals surface area contributed by atoms with E-state index in [1.807, 2.05) is 19.2 Å². The van der Waals surface area contributed by atoms with E-state index in [4.69, 9.17) is 28.9 Å². The van der Waals surface area contributed by atoms with Crippen LogP contribution in [-0.2, 0) is 0 Å². The second kappa shape index (κ2) is 4.82. The third-order valence-electron chi connectivity index (χ3n) is 1.94. The Morgan fingerprint density at radius 3 is 2.69 bits per heavy atom. The van der Waals surface area contributed by atoms with Crippen LogP contribution in [0.3, 0.4) is 0 Å². The van der Waals surface area contributed by atoms with Crippen molar-refractivity contribution in [1.82, 2.24) is 5.32 Å². The lowest BCUT2D eigenvalue weighted by atomic mass is 10.1. The molecule has 0 amide bonds. The van der Waals surface area contributed by atoms with Gasteiger partial charge in [-0.05, 0) is 18.7 Å². The van der Waals surface area contributed by atoms with Gasteiger partial charge in [0.05, 0.1) is 10.0 Å². The van der Waals surface area contributed by atoms with Crippen LogP contribution in [-0.4, -0.2) is 13.6 Å². The first-order valence-electron chi connectivity index (χ1n) is 4.02. The fraction of sp³-hybridized carbons (Fsp3) is 0.333. The summed E-state index contributed by atoms with van der Waals surface area (Å²) in [4.78, 5) is 0. The van der Waals surface area contributed by atoms with Gasteiger partial charge in [-0.1, -0.05) is 35.3 Å². The summed E-state index contributed by atoms with van der Waals surface area (Å²) in [7, 11) is 1.84. The average molecular weight is 219 g/mol. The van der Waals surface area contributed by atoms with Gasteiger partial charge in [0.1, 0.15) is 0 Å². The Morgan fingerprint density at radius 2 is 2.15 bits per heavy atom. The Morgan fingerprint density at radius 1 is 1.46 bits per heavy atom. The summed E-state index contributed by atoms with van der Waals surface area (Å²) in [6.07, 6.45) is 0. The van der Waals surface area contributed by atoms with Crippen molar-refractivity contribution in [1.29, 1.82) is 0 Å². The number of likely N-dealkylation sites (N-methyl/N-ethyl adjacent to an activating group) is 1. The van der Waals surface area contributed by atoms with E-state index in [0.717, 1.165) is 5.56 Å². The minimum absolute atomic E-state index is 0.0613. The van der Waals surface area contributed by atoms with Crippen molar-refractivity contribution < 1.29 is 0 Å². The molecule has 0 fully saturated rings. The highest BCUT2D eigenvalue weighted by Gasteiger charge is 2.12. The molecule has 0 aromatic heterocycles. The fourth-order valence-corrected chi connectivity index (χ4v) is 1.63. The van der Waals surface area contributed by atoms with Gasteiger partial charge in [0, 0.05) is 12.6 Å². The summed E-state index contributed by atoms with van der Waals surface area (Å²) in [6.45, 7) is 0.497. The van der Waals surface area contributed by atoms with Crippen LogP contribution in [0.4, 0.5) is 0 Å². The molecule has 2 nitrogen and oxygen atoms in total. The number of hydrogen-bond donors (Lipinski definition) is 2. The largest absolute Gasteiger partial charge is 0.329 e. The molecular formula is C9H12Cl2N2. The molecule has 0 aliphatic rings. The second-order valence-corrected chi connectivity index (χ2v) is 3.51. The van der Waals surface area contributed by atoms with E-state index in [1.165, 1.54) is 0 Å². The highest BCUT2D eigenvalue weighted by molar-refractivity contribution is 6.42. The topological polar surface area (TPSA) is 38.0 Å². The molecule has 0 unspecified atom stereocenters. The Balaban J connectivity index is 3.05. The lowest BCUT2D eigenvalue weighted by molar-refractivity contribution is 0.606. The van der Waals surface area contributed by atoms with Crippen LogP contribution >= 0.6 is 23.2 Å². The zero-order chi connectivity index (χ0) is 9.84. The maximum Gasteiger partial charge on any atom is 0.0640 e. The maximum absolute atomic E-state index is 6.02. The summed E-state index contributed by atoms with van der Waals surface area (Å²) in [6, 6.07) is 5.61. The van der Waals surface area contributed by atoms with Crippen molar-refractivity contribution in [3.05, 3.63) is 33.8 Å². The molecule has 1 atom stereocenters. The molecule has 0 bridgehead atoms. The first kappa shape index (κ1) is 10.8. The molecule has 0 aliphatic heterocycles. The molecule has 0 heterocycles. The van der Waals surface area contributed by atoms with Crippen molar-refractivity contribution in [3.63, 3.8) is 0 Å². The molecule has 72 valence electrons. The number of nitrogens with one attached hydrogen (secondary N) is 1. The highest BCUT2D eigenvalue weighted by atomic mass is 35.5. The van der Waals surface area contributed by atoms with Crippen LogP contribution < -0.4 is 11.1 Å². The van der Waals surface area contributed by atoms with Crippen molar-refractivity contribution in [3.8, 4) is 0 Å². The van der Waals surface area contributed by atoms with Gasteiger partial charge in [-0.15, -0.1) is 0 Å². The molecule has 13 heavy (non-hydrogen) atoms. The van der Waals surface area contributed by atoms with Gasteiger partial charge >= 0.3 is 0 Å². The zero-order valence-electron chi connectivity index (χ0n) is 7.35. The summed E-state index contributed by atoms with van der Waals surface area (Å²) >= 11 is 11.9. The Bertz CT molecular complexity index is 285. The van der Waals surface area contributed by atoms with E-state index in [2.05, 4.69) is 5.32 Å². The molecular weight excluding hydrogens is 207 g/mol. The zero-order valence-corrected chi connectivity index (χ0v) is 8.86. The monoisotopic (exact) mass is 218 g/mol. The van der Waals surface area contributed by atoms with Crippen molar-refractivity contribution in [2.24, 2.45) is 5.73 Å². The van der Waals surface area contributed by atoms with Crippen molar-refractivity contribution in [2.75, 3.05) is 13.6 Å². The molecule has 4 heteroatoms. The van der Waals surface area contributed by atoms with Crippen molar-refractivity contribution >= 4 is 23.2 Å². The minimum atomic E-state index is 0.0613. The van der Waals surface area contributed by atoms with Gasteiger partial charge in [0.25, 0.3) is 0 Å². The summed E-state index contributed by atoms with van der Waals surface area (Å²) < 4.78 is 0. The van der Waals surface area contributed by atoms with Crippen LogP contribution in [0.15, 0.2) is 18.2 Å². The summed E-state index contributed by atoms with van der Waals surface area (Å²) in [5.41, 5.74) is 6.51. The highest BCUT2D eigenvalue weighted by Crippen LogP contribution is 2.29. The van der Waals surface area contributed by atoms with Crippen LogP contribution in [0.5, 0.6) is 0 Å². The van der Waals surface area contributed by atoms with Gasteiger partial charge in [0.2, 0.25) is 0 Å². The SMILES string of the molecule is CN[C@H](CN)c1cccc(Cl)c1Cl. The summed E-state index contributed by atoms with van der Waals surface area (Å²) in [5, 5.41) is 4.21. The number of hydrogen-bond acceptors (Lipinski definition) is 2. The Labute approximate surface area is 88.0 Å². The fourth-order valence-electron chi connectivity index (χ4n) is 1.19. The molecule has 0 saturated heterocycles. The third kappa shape index (κ3) is 2.35. The molecule has 0 radical (unpaired) electrons. The standard InChI is InChI=1S/C9H12Cl2N2/c1-13-8(5-12)6-3-2-4-7(10)9(6)11/h2-4,8,13H,5,12H2,1H3/t8-/m1/s1. The van der Waals surface area contributed by atoms with Gasteiger partial charge in [-0.2, -0.15) is 0 Å². The van der Waals surface area contributed by atoms with Crippen molar-refractivity contribution in [2.45, 2.75) is 6.04 Å². The second-order valence-electron chi connectivity index (χ2n) is 2.72. The van der Waals surface area contributed by atoms with E-state index in [1.54, 1.807) is 6.07 Å². The first-order chi connectivity index (χ1) is 6.20. The number of nitrogens with two attached hydrogens (primary N) is 1. The predicted molar refractivity (Wildman–Crippen MR) is 57.3 cm³/mol. The lowest BCUT2D eigenvalue weighted by Gasteiger charge is -2.15. The van der Waals surface area contributed by atoms with Crippen LogP contribution in [0.1, 0.15) is 11.6 Å². The van der Waals surface area contributed by atoms with E-state index in [-0.39, 0.29) is 6.04 Å². The van der Waals surface area contributed by atoms with E-state index >= 15 is 0 Å². The Kier molecular flexibility index (Phi) is 4.00. The molecule has 0 aliphatic carbocycles. The number of rotatable bonds is 3. The van der Waals surface area contributed by atoms with Crippen LogP contribution in [0, 0.1) is 0 Å². The third-order valence-corrected chi connectivity index (χ3v) is 2.77. The van der Waals surface area contributed by atoms with Gasteiger partial charge < -0.3 is 11.1 Å². The predicted octanol–water partition coefficient (Wildman–Crippen LogP) is 2.21.